The first-order chi connectivity index (χ1) is 9.63. The SMILES string of the molecule is CCCNC(CC)c1ccccc1OC(C)C(=O)NC. The van der Waals surface area contributed by atoms with Gasteiger partial charge in [-0.15, -0.1) is 0 Å². The molecule has 0 aliphatic heterocycles. The van der Waals surface area contributed by atoms with E-state index in [-0.39, 0.29) is 11.9 Å². The van der Waals surface area contributed by atoms with Gasteiger partial charge in [0.25, 0.3) is 5.91 Å². The Morgan fingerprint density at radius 2 is 2.00 bits per heavy atom. The van der Waals surface area contributed by atoms with Crippen molar-refractivity contribution in [3.63, 3.8) is 0 Å². The normalized spacial score (nSPS) is 13.6. The maximum absolute atomic E-state index is 11.6. The summed E-state index contributed by atoms with van der Waals surface area (Å²) in [5.41, 5.74) is 1.11. The zero-order valence-electron chi connectivity index (χ0n) is 12.9. The number of hydrogen-bond donors (Lipinski definition) is 2. The molecule has 0 radical (unpaired) electrons. The number of ether oxygens (including phenoxy) is 1. The van der Waals surface area contributed by atoms with Crippen LogP contribution in [0.4, 0.5) is 0 Å². The number of rotatable bonds is 8. The molecule has 0 saturated carbocycles. The van der Waals surface area contributed by atoms with E-state index in [4.69, 9.17) is 4.74 Å². The predicted octanol–water partition coefficient (Wildman–Crippen LogP) is 2.65. The molecule has 0 aliphatic rings. The number of hydrogen-bond acceptors (Lipinski definition) is 3. The molecule has 0 saturated heterocycles. The second-order valence-electron chi connectivity index (χ2n) is 4.83. The van der Waals surface area contributed by atoms with Gasteiger partial charge in [-0.2, -0.15) is 0 Å². The van der Waals surface area contributed by atoms with Gasteiger partial charge in [-0.3, -0.25) is 4.79 Å². The Bertz CT molecular complexity index is 421. The number of carbonyl (C=O) groups excluding carboxylic acids is 1. The summed E-state index contributed by atoms with van der Waals surface area (Å²) in [6.07, 6.45) is 1.58. The van der Waals surface area contributed by atoms with Crippen LogP contribution in [0.5, 0.6) is 5.75 Å². The van der Waals surface area contributed by atoms with Gasteiger partial charge in [-0.25, -0.2) is 0 Å². The summed E-state index contributed by atoms with van der Waals surface area (Å²) >= 11 is 0. The second-order valence-corrected chi connectivity index (χ2v) is 4.83. The van der Waals surface area contributed by atoms with E-state index in [1.165, 1.54) is 0 Å². The van der Waals surface area contributed by atoms with Crippen LogP contribution < -0.4 is 15.4 Å². The van der Waals surface area contributed by atoms with E-state index in [9.17, 15) is 4.79 Å². The van der Waals surface area contributed by atoms with Crippen LogP contribution in [0.3, 0.4) is 0 Å². The Morgan fingerprint density at radius 3 is 2.60 bits per heavy atom. The summed E-state index contributed by atoms with van der Waals surface area (Å²) < 4.78 is 5.81. The molecule has 0 aromatic heterocycles. The molecule has 112 valence electrons. The highest BCUT2D eigenvalue weighted by Gasteiger charge is 2.18. The first-order valence-corrected chi connectivity index (χ1v) is 7.34. The van der Waals surface area contributed by atoms with Gasteiger partial charge in [-0.1, -0.05) is 32.0 Å². The summed E-state index contributed by atoms with van der Waals surface area (Å²) in [6, 6.07) is 8.17. The molecule has 4 nitrogen and oxygen atoms in total. The van der Waals surface area contributed by atoms with Crippen LogP contribution in [0.2, 0.25) is 0 Å². The van der Waals surface area contributed by atoms with E-state index < -0.39 is 6.10 Å². The van der Waals surface area contributed by atoms with Gasteiger partial charge >= 0.3 is 0 Å². The number of carbonyl (C=O) groups is 1. The van der Waals surface area contributed by atoms with Crippen LogP contribution in [0.15, 0.2) is 24.3 Å². The number of amides is 1. The molecule has 1 amide bonds. The van der Waals surface area contributed by atoms with Crippen molar-refractivity contribution in [2.45, 2.75) is 45.8 Å². The lowest BCUT2D eigenvalue weighted by molar-refractivity contribution is -0.126. The van der Waals surface area contributed by atoms with Crippen molar-refractivity contribution in [2.75, 3.05) is 13.6 Å². The predicted molar refractivity (Wildman–Crippen MR) is 81.9 cm³/mol. The zero-order valence-corrected chi connectivity index (χ0v) is 12.9. The van der Waals surface area contributed by atoms with Gasteiger partial charge in [0, 0.05) is 18.7 Å². The minimum Gasteiger partial charge on any atom is -0.481 e. The quantitative estimate of drug-likeness (QED) is 0.768. The molecule has 0 bridgehead atoms. The molecular weight excluding hydrogens is 252 g/mol. The minimum absolute atomic E-state index is 0.116. The molecule has 2 unspecified atom stereocenters. The lowest BCUT2D eigenvalue weighted by atomic mass is 10.0. The van der Waals surface area contributed by atoms with Crippen LogP contribution in [-0.2, 0) is 4.79 Å². The monoisotopic (exact) mass is 278 g/mol. The largest absolute Gasteiger partial charge is 0.481 e. The van der Waals surface area contributed by atoms with Gasteiger partial charge in [0.1, 0.15) is 5.75 Å². The summed E-state index contributed by atoms with van der Waals surface area (Å²) in [7, 11) is 1.62. The van der Waals surface area contributed by atoms with Crippen LogP contribution >= 0.6 is 0 Å². The molecule has 20 heavy (non-hydrogen) atoms. The Kier molecular flexibility index (Phi) is 7.09. The molecule has 1 rings (SSSR count). The van der Waals surface area contributed by atoms with Gasteiger partial charge in [0.05, 0.1) is 0 Å². The molecule has 0 heterocycles. The van der Waals surface area contributed by atoms with Crippen molar-refractivity contribution in [3.8, 4) is 5.75 Å². The van der Waals surface area contributed by atoms with Crippen LogP contribution in [0.1, 0.15) is 45.2 Å². The van der Waals surface area contributed by atoms with Crippen molar-refractivity contribution in [3.05, 3.63) is 29.8 Å². The summed E-state index contributed by atoms with van der Waals surface area (Å²) in [5, 5.41) is 6.11. The zero-order chi connectivity index (χ0) is 15.0. The highest BCUT2D eigenvalue weighted by Crippen LogP contribution is 2.27. The van der Waals surface area contributed by atoms with Gasteiger partial charge in [-0.05, 0) is 32.4 Å². The highest BCUT2D eigenvalue weighted by molar-refractivity contribution is 5.80. The molecular formula is C16H26N2O2. The van der Waals surface area contributed by atoms with E-state index in [1.54, 1.807) is 14.0 Å². The summed E-state index contributed by atoms with van der Waals surface area (Å²) in [4.78, 5) is 11.6. The molecule has 0 spiro atoms. The second kappa shape index (κ2) is 8.59. The molecule has 4 heteroatoms. The van der Waals surface area contributed by atoms with Gasteiger partial charge in [0.2, 0.25) is 0 Å². The molecule has 2 atom stereocenters. The van der Waals surface area contributed by atoms with Crippen LogP contribution in [0.25, 0.3) is 0 Å². The van der Waals surface area contributed by atoms with E-state index in [2.05, 4.69) is 30.5 Å². The van der Waals surface area contributed by atoms with E-state index in [0.717, 1.165) is 30.7 Å². The molecule has 0 fully saturated rings. The first kappa shape index (κ1) is 16.5. The van der Waals surface area contributed by atoms with Gasteiger partial charge < -0.3 is 15.4 Å². The number of nitrogens with one attached hydrogen (secondary N) is 2. The lowest BCUT2D eigenvalue weighted by Gasteiger charge is -2.22. The first-order valence-electron chi connectivity index (χ1n) is 7.34. The number of likely N-dealkylation sites (N-methyl/N-ethyl adjacent to an activating group) is 1. The Balaban J connectivity index is 2.88. The smallest absolute Gasteiger partial charge is 0.260 e. The molecule has 1 aromatic rings. The van der Waals surface area contributed by atoms with Crippen LogP contribution in [0, 0.1) is 0 Å². The average molecular weight is 278 g/mol. The van der Waals surface area contributed by atoms with E-state index in [1.807, 2.05) is 18.2 Å². The standard InChI is InChI=1S/C16H26N2O2/c1-5-11-18-14(6-2)13-9-7-8-10-15(13)20-12(3)16(19)17-4/h7-10,12,14,18H,5-6,11H2,1-4H3,(H,17,19). The fourth-order valence-electron chi connectivity index (χ4n) is 2.12. The Hall–Kier alpha value is -1.55. The van der Waals surface area contributed by atoms with Crippen molar-refractivity contribution >= 4 is 5.91 Å². The van der Waals surface area contributed by atoms with Crippen molar-refractivity contribution in [1.29, 1.82) is 0 Å². The lowest BCUT2D eigenvalue weighted by Crippen LogP contribution is -2.34. The maximum Gasteiger partial charge on any atom is 0.260 e. The van der Waals surface area contributed by atoms with Gasteiger partial charge in [0.15, 0.2) is 6.10 Å². The Morgan fingerprint density at radius 1 is 1.30 bits per heavy atom. The minimum atomic E-state index is -0.496. The molecule has 0 aliphatic carbocycles. The molecule has 2 N–H and O–H groups in total. The Labute approximate surface area is 121 Å². The third kappa shape index (κ3) is 4.53. The third-order valence-corrected chi connectivity index (χ3v) is 3.26. The van der Waals surface area contributed by atoms with Crippen molar-refractivity contribution in [1.82, 2.24) is 10.6 Å². The number of benzene rings is 1. The van der Waals surface area contributed by atoms with Crippen molar-refractivity contribution < 1.29 is 9.53 Å². The fraction of sp³-hybridized carbons (Fsp3) is 0.562. The molecule has 1 aromatic carbocycles. The topological polar surface area (TPSA) is 50.4 Å². The highest BCUT2D eigenvalue weighted by atomic mass is 16.5. The average Bonchev–Trinajstić information content (AvgIpc) is 2.48. The maximum atomic E-state index is 11.6. The summed E-state index contributed by atoms with van der Waals surface area (Å²) in [5.74, 6) is 0.661. The third-order valence-electron chi connectivity index (χ3n) is 3.26. The fourth-order valence-corrected chi connectivity index (χ4v) is 2.12. The van der Waals surface area contributed by atoms with Crippen molar-refractivity contribution in [2.24, 2.45) is 0 Å². The number of para-hydroxylation sites is 1. The van der Waals surface area contributed by atoms with E-state index in [0.29, 0.717) is 0 Å². The van der Waals surface area contributed by atoms with E-state index >= 15 is 0 Å². The summed E-state index contributed by atoms with van der Waals surface area (Å²) in [6.45, 7) is 7.02. The van der Waals surface area contributed by atoms with Crippen LogP contribution in [-0.4, -0.2) is 25.6 Å².